The molecule has 2 aliphatic carbocycles. The zero-order chi connectivity index (χ0) is 16.2. The maximum Gasteiger partial charge on any atom is 0.276 e. The molecule has 2 fully saturated rings. The third-order valence-corrected chi connectivity index (χ3v) is 5.13. The SMILES string of the molecule is Cc1ccccc1OCC(=O)NNC(=O)C[C@@H]1C[C@@H]2CC[C@@H]1C2. The smallest absolute Gasteiger partial charge is 0.276 e. The lowest BCUT2D eigenvalue weighted by Gasteiger charge is -2.20. The van der Waals surface area contributed by atoms with E-state index in [1.807, 2.05) is 31.2 Å². The number of ether oxygens (including phenoxy) is 1. The van der Waals surface area contributed by atoms with Gasteiger partial charge in [-0.3, -0.25) is 20.4 Å². The van der Waals surface area contributed by atoms with Gasteiger partial charge in [-0.1, -0.05) is 24.6 Å². The molecule has 5 nitrogen and oxygen atoms in total. The molecule has 2 N–H and O–H groups in total. The lowest BCUT2D eigenvalue weighted by atomic mass is 9.86. The molecule has 23 heavy (non-hydrogen) atoms. The summed E-state index contributed by atoms with van der Waals surface area (Å²) >= 11 is 0. The lowest BCUT2D eigenvalue weighted by molar-refractivity contribution is -0.130. The van der Waals surface area contributed by atoms with Gasteiger partial charge in [-0.25, -0.2) is 0 Å². The van der Waals surface area contributed by atoms with Crippen LogP contribution in [0.4, 0.5) is 0 Å². The summed E-state index contributed by atoms with van der Waals surface area (Å²) in [5.41, 5.74) is 5.90. The maximum atomic E-state index is 11.9. The molecule has 0 radical (unpaired) electrons. The van der Waals surface area contributed by atoms with E-state index in [1.54, 1.807) is 0 Å². The van der Waals surface area contributed by atoms with Gasteiger partial charge in [-0.05, 0) is 55.6 Å². The van der Waals surface area contributed by atoms with Crippen molar-refractivity contribution in [3.63, 3.8) is 0 Å². The minimum absolute atomic E-state index is 0.105. The Labute approximate surface area is 136 Å². The Morgan fingerprint density at radius 1 is 1.13 bits per heavy atom. The van der Waals surface area contributed by atoms with Gasteiger partial charge in [0.1, 0.15) is 5.75 Å². The van der Waals surface area contributed by atoms with E-state index in [-0.39, 0.29) is 18.4 Å². The van der Waals surface area contributed by atoms with Crippen molar-refractivity contribution in [3.05, 3.63) is 29.8 Å². The van der Waals surface area contributed by atoms with Gasteiger partial charge in [0.25, 0.3) is 5.91 Å². The zero-order valence-electron chi connectivity index (χ0n) is 13.5. The average molecular weight is 316 g/mol. The van der Waals surface area contributed by atoms with E-state index >= 15 is 0 Å². The van der Waals surface area contributed by atoms with Gasteiger partial charge in [0, 0.05) is 6.42 Å². The van der Waals surface area contributed by atoms with Crippen LogP contribution in [0.2, 0.25) is 0 Å². The van der Waals surface area contributed by atoms with E-state index < -0.39 is 0 Å². The van der Waals surface area contributed by atoms with E-state index in [0.717, 1.165) is 11.5 Å². The average Bonchev–Trinajstić information content (AvgIpc) is 3.15. The largest absolute Gasteiger partial charge is 0.483 e. The van der Waals surface area contributed by atoms with E-state index in [1.165, 1.54) is 25.7 Å². The number of amides is 2. The van der Waals surface area contributed by atoms with Crippen molar-refractivity contribution in [3.8, 4) is 5.75 Å². The summed E-state index contributed by atoms with van der Waals surface area (Å²) in [4.78, 5) is 23.7. The molecule has 2 amide bonds. The number of hydrazine groups is 1. The molecular weight excluding hydrogens is 292 g/mol. The Kier molecular flexibility index (Phi) is 4.84. The molecule has 2 aliphatic rings. The molecular formula is C18H24N2O3. The molecule has 0 unspecified atom stereocenters. The van der Waals surface area contributed by atoms with Gasteiger partial charge in [0.05, 0.1) is 0 Å². The summed E-state index contributed by atoms with van der Waals surface area (Å²) in [7, 11) is 0. The van der Waals surface area contributed by atoms with Gasteiger partial charge >= 0.3 is 0 Å². The van der Waals surface area contributed by atoms with Crippen molar-refractivity contribution in [2.45, 2.75) is 39.0 Å². The highest BCUT2D eigenvalue weighted by Crippen LogP contribution is 2.49. The molecule has 1 aromatic carbocycles. The van der Waals surface area contributed by atoms with Crippen molar-refractivity contribution in [1.29, 1.82) is 0 Å². The van der Waals surface area contributed by atoms with Crippen LogP contribution in [0.25, 0.3) is 0 Å². The number of hydrogen-bond acceptors (Lipinski definition) is 3. The molecule has 0 heterocycles. The first-order valence-electron chi connectivity index (χ1n) is 8.38. The Morgan fingerprint density at radius 3 is 2.61 bits per heavy atom. The van der Waals surface area contributed by atoms with Crippen LogP contribution in [0.5, 0.6) is 5.75 Å². The van der Waals surface area contributed by atoms with Gasteiger partial charge < -0.3 is 4.74 Å². The van der Waals surface area contributed by atoms with Crippen LogP contribution in [0.3, 0.4) is 0 Å². The first-order valence-corrected chi connectivity index (χ1v) is 8.38. The minimum Gasteiger partial charge on any atom is -0.483 e. The quantitative estimate of drug-likeness (QED) is 0.819. The number of carbonyl (C=O) groups is 2. The lowest BCUT2D eigenvalue weighted by Crippen LogP contribution is -2.44. The van der Waals surface area contributed by atoms with Gasteiger partial charge in [-0.2, -0.15) is 0 Å². The second kappa shape index (κ2) is 7.02. The normalized spacial score (nSPS) is 25.2. The summed E-state index contributed by atoms with van der Waals surface area (Å²) in [5.74, 6) is 2.26. The second-order valence-electron chi connectivity index (χ2n) is 6.79. The highest BCUT2D eigenvalue weighted by Gasteiger charge is 2.40. The molecule has 124 valence electrons. The number of hydrogen-bond donors (Lipinski definition) is 2. The van der Waals surface area contributed by atoms with Crippen LogP contribution < -0.4 is 15.6 Å². The molecule has 3 rings (SSSR count). The van der Waals surface area contributed by atoms with Crippen LogP contribution >= 0.6 is 0 Å². The third-order valence-electron chi connectivity index (χ3n) is 5.13. The van der Waals surface area contributed by atoms with E-state index in [9.17, 15) is 9.59 Å². The maximum absolute atomic E-state index is 11.9. The molecule has 1 aromatic rings. The molecule has 5 heteroatoms. The number of rotatable bonds is 5. The van der Waals surface area contributed by atoms with Crippen LogP contribution in [0.15, 0.2) is 24.3 Å². The van der Waals surface area contributed by atoms with Gasteiger partial charge in [0.15, 0.2) is 6.61 Å². The van der Waals surface area contributed by atoms with E-state index in [2.05, 4.69) is 10.9 Å². The van der Waals surface area contributed by atoms with Crippen molar-refractivity contribution in [1.82, 2.24) is 10.9 Å². The number of benzene rings is 1. The summed E-state index contributed by atoms with van der Waals surface area (Å²) in [6.07, 6.45) is 5.56. The standard InChI is InChI=1S/C18H24N2O3/c1-12-4-2-3-5-16(12)23-11-18(22)20-19-17(21)10-15-9-13-6-7-14(15)8-13/h2-5,13-15H,6-11H2,1H3,(H,19,21)(H,20,22)/t13-,14-,15+/m1/s1. The molecule has 0 aromatic heterocycles. The molecule has 2 saturated carbocycles. The molecule has 0 aliphatic heterocycles. The third kappa shape index (κ3) is 4.03. The van der Waals surface area contributed by atoms with Crippen LogP contribution in [0.1, 0.15) is 37.7 Å². The fourth-order valence-electron chi connectivity index (χ4n) is 3.95. The second-order valence-corrected chi connectivity index (χ2v) is 6.79. The number of nitrogens with one attached hydrogen (secondary N) is 2. The Balaban J connectivity index is 1.35. The summed E-state index contributed by atoms with van der Waals surface area (Å²) < 4.78 is 5.44. The summed E-state index contributed by atoms with van der Waals surface area (Å²) in [5, 5.41) is 0. The van der Waals surface area contributed by atoms with Crippen molar-refractivity contribution in [2.75, 3.05) is 6.61 Å². The monoisotopic (exact) mass is 316 g/mol. The number of fused-ring (bicyclic) bond motifs is 2. The number of carbonyl (C=O) groups excluding carboxylic acids is 2. The first kappa shape index (κ1) is 15.8. The topological polar surface area (TPSA) is 67.4 Å². The van der Waals surface area contributed by atoms with E-state index in [4.69, 9.17) is 4.74 Å². The summed E-state index contributed by atoms with van der Waals surface area (Å²) in [6, 6.07) is 7.51. The first-order chi connectivity index (χ1) is 11.1. The molecule has 0 spiro atoms. The van der Waals surface area contributed by atoms with Crippen molar-refractivity contribution in [2.24, 2.45) is 17.8 Å². The van der Waals surface area contributed by atoms with Crippen LogP contribution in [-0.4, -0.2) is 18.4 Å². The van der Waals surface area contributed by atoms with Crippen molar-refractivity contribution < 1.29 is 14.3 Å². The number of aryl methyl sites for hydroxylation is 1. The highest BCUT2D eigenvalue weighted by molar-refractivity contribution is 5.82. The fourth-order valence-corrected chi connectivity index (χ4v) is 3.95. The highest BCUT2D eigenvalue weighted by atomic mass is 16.5. The van der Waals surface area contributed by atoms with Crippen molar-refractivity contribution >= 4 is 11.8 Å². The predicted octanol–water partition coefficient (Wildman–Crippen LogP) is 2.35. The van der Waals surface area contributed by atoms with Gasteiger partial charge in [-0.15, -0.1) is 0 Å². The zero-order valence-corrected chi connectivity index (χ0v) is 13.5. The Bertz CT molecular complexity index is 587. The predicted molar refractivity (Wildman–Crippen MR) is 86.5 cm³/mol. The van der Waals surface area contributed by atoms with Crippen LogP contribution in [-0.2, 0) is 9.59 Å². The number of para-hydroxylation sites is 1. The van der Waals surface area contributed by atoms with E-state index in [0.29, 0.717) is 24.0 Å². The summed E-state index contributed by atoms with van der Waals surface area (Å²) in [6.45, 7) is 1.81. The van der Waals surface area contributed by atoms with Crippen LogP contribution in [0, 0.1) is 24.7 Å². The molecule has 2 bridgehead atoms. The molecule has 0 saturated heterocycles. The van der Waals surface area contributed by atoms with Gasteiger partial charge in [0.2, 0.25) is 5.91 Å². The Morgan fingerprint density at radius 2 is 1.91 bits per heavy atom. The minimum atomic E-state index is -0.352. The molecule has 3 atom stereocenters. The fraction of sp³-hybridized carbons (Fsp3) is 0.556. The Hall–Kier alpha value is -2.04.